The quantitative estimate of drug-likeness (QED) is 0.598. The average Bonchev–Trinajstić information content (AvgIpc) is 2.72. The maximum atomic E-state index is 10.7. The second-order valence-corrected chi connectivity index (χ2v) is 4.85. The van der Waals surface area contributed by atoms with E-state index >= 15 is 0 Å². The summed E-state index contributed by atoms with van der Waals surface area (Å²) in [5.41, 5.74) is 1.21. The zero-order chi connectivity index (χ0) is 12.6. The Kier molecular flexibility index (Phi) is 2.65. The van der Waals surface area contributed by atoms with Crippen molar-refractivity contribution in [2.24, 2.45) is 0 Å². The predicted molar refractivity (Wildman–Crippen MR) is 68.2 cm³/mol. The molecule has 4 heteroatoms. The van der Waals surface area contributed by atoms with Gasteiger partial charge in [0.15, 0.2) is 0 Å². The van der Waals surface area contributed by atoms with Gasteiger partial charge in [0.05, 0.1) is 4.92 Å². The lowest BCUT2D eigenvalue weighted by Crippen LogP contribution is -2.23. The van der Waals surface area contributed by atoms with Crippen LogP contribution in [-0.4, -0.2) is 9.49 Å². The van der Waals surface area contributed by atoms with Crippen LogP contribution in [-0.2, 0) is 5.54 Å². The Labute approximate surface area is 100 Å². The highest BCUT2D eigenvalue weighted by atomic mass is 16.6. The first kappa shape index (κ1) is 11.6. The topological polar surface area (TPSA) is 48.1 Å². The number of nitrogens with zero attached hydrogens (tertiary/aromatic N) is 2. The highest BCUT2D eigenvalue weighted by Crippen LogP contribution is 2.28. The van der Waals surface area contributed by atoms with Crippen molar-refractivity contribution in [1.82, 2.24) is 4.57 Å². The zero-order valence-electron chi connectivity index (χ0n) is 10.3. The predicted octanol–water partition coefficient (Wildman–Crippen LogP) is 3.69. The van der Waals surface area contributed by atoms with Crippen molar-refractivity contribution in [2.45, 2.75) is 32.7 Å². The molecule has 0 fully saturated rings. The minimum absolute atomic E-state index is 0.0257. The summed E-state index contributed by atoms with van der Waals surface area (Å²) in [5.74, 6) is 0. The van der Waals surface area contributed by atoms with Crippen LogP contribution in [0.25, 0.3) is 10.9 Å². The van der Waals surface area contributed by atoms with E-state index in [2.05, 4.69) is 25.3 Å². The Balaban J connectivity index is 2.60. The summed E-state index contributed by atoms with van der Waals surface area (Å²) in [5, 5.41) is 11.6. The fraction of sp³-hybridized carbons (Fsp3) is 0.385. The van der Waals surface area contributed by atoms with Gasteiger partial charge in [-0.1, -0.05) is 6.92 Å². The number of aromatic nitrogens is 1. The second kappa shape index (κ2) is 3.87. The molecule has 2 rings (SSSR count). The number of fused-ring (bicyclic) bond motifs is 1. The van der Waals surface area contributed by atoms with Gasteiger partial charge in [-0.2, -0.15) is 0 Å². The molecule has 1 aromatic heterocycles. The molecule has 0 N–H and O–H groups in total. The molecule has 90 valence electrons. The third-order valence-electron chi connectivity index (χ3n) is 3.40. The van der Waals surface area contributed by atoms with Crippen molar-refractivity contribution in [3.8, 4) is 0 Å². The number of non-ortho nitro benzene ring substituents is 1. The Bertz CT molecular complexity index is 570. The summed E-state index contributed by atoms with van der Waals surface area (Å²) in [6, 6.07) is 6.94. The number of hydrogen-bond donors (Lipinski definition) is 0. The molecule has 0 atom stereocenters. The zero-order valence-corrected chi connectivity index (χ0v) is 10.3. The smallest absolute Gasteiger partial charge is 0.270 e. The van der Waals surface area contributed by atoms with Crippen LogP contribution in [0.4, 0.5) is 5.69 Å². The normalized spacial score (nSPS) is 11.9. The average molecular weight is 232 g/mol. The SMILES string of the molecule is CCC(C)(C)n1ccc2cc([N+](=O)[O-])ccc21. The molecule has 0 aliphatic heterocycles. The van der Waals surface area contributed by atoms with E-state index in [-0.39, 0.29) is 16.1 Å². The summed E-state index contributed by atoms with van der Waals surface area (Å²) in [6.45, 7) is 6.46. The molecule has 1 aromatic carbocycles. The molecule has 1 heterocycles. The van der Waals surface area contributed by atoms with Crippen LogP contribution in [0.1, 0.15) is 27.2 Å². The molecular formula is C13H16N2O2. The molecule has 0 saturated carbocycles. The molecule has 2 aromatic rings. The van der Waals surface area contributed by atoms with Crippen LogP contribution >= 0.6 is 0 Å². The third-order valence-corrected chi connectivity index (χ3v) is 3.40. The van der Waals surface area contributed by atoms with E-state index in [9.17, 15) is 10.1 Å². The standard InChI is InChI=1S/C13H16N2O2/c1-4-13(2,3)14-8-7-10-9-11(15(16)17)5-6-12(10)14/h5-9H,4H2,1-3H3. The molecule has 0 aliphatic rings. The van der Waals surface area contributed by atoms with Gasteiger partial charge in [0, 0.05) is 34.8 Å². The number of hydrogen-bond acceptors (Lipinski definition) is 2. The van der Waals surface area contributed by atoms with Crippen molar-refractivity contribution >= 4 is 16.6 Å². The first-order chi connectivity index (χ1) is 7.95. The van der Waals surface area contributed by atoms with Gasteiger partial charge >= 0.3 is 0 Å². The van der Waals surface area contributed by atoms with Gasteiger partial charge in [-0.25, -0.2) is 0 Å². The molecule has 0 unspecified atom stereocenters. The Hall–Kier alpha value is -1.84. The molecule has 0 amide bonds. The molecule has 17 heavy (non-hydrogen) atoms. The van der Waals surface area contributed by atoms with Gasteiger partial charge in [-0.15, -0.1) is 0 Å². The molecule has 4 nitrogen and oxygen atoms in total. The minimum Gasteiger partial charge on any atom is -0.342 e. The van der Waals surface area contributed by atoms with Crippen molar-refractivity contribution in [2.75, 3.05) is 0 Å². The van der Waals surface area contributed by atoms with E-state index in [0.717, 1.165) is 17.3 Å². The molecular weight excluding hydrogens is 216 g/mol. The van der Waals surface area contributed by atoms with Crippen LogP contribution in [0.2, 0.25) is 0 Å². The molecule has 0 radical (unpaired) electrons. The summed E-state index contributed by atoms with van der Waals surface area (Å²) in [4.78, 5) is 10.3. The van der Waals surface area contributed by atoms with Crippen molar-refractivity contribution in [3.05, 3.63) is 40.6 Å². The lowest BCUT2D eigenvalue weighted by atomic mass is 10.0. The highest BCUT2D eigenvalue weighted by molar-refractivity contribution is 5.82. The fourth-order valence-electron chi connectivity index (χ4n) is 1.94. The van der Waals surface area contributed by atoms with Gasteiger partial charge in [0.25, 0.3) is 5.69 Å². The van der Waals surface area contributed by atoms with Crippen molar-refractivity contribution < 1.29 is 4.92 Å². The maximum absolute atomic E-state index is 10.7. The summed E-state index contributed by atoms with van der Waals surface area (Å²) in [7, 11) is 0. The summed E-state index contributed by atoms with van der Waals surface area (Å²) >= 11 is 0. The first-order valence-corrected chi connectivity index (χ1v) is 5.71. The molecule has 0 bridgehead atoms. The van der Waals surface area contributed by atoms with Crippen LogP contribution in [0, 0.1) is 10.1 Å². The number of nitro groups is 1. The monoisotopic (exact) mass is 232 g/mol. The summed E-state index contributed by atoms with van der Waals surface area (Å²) in [6.07, 6.45) is 3.01. The largest absolute Gasteiger partial charge is 0.342 e. The molecule has 0 spiro atoms. The first-order valence-electron chi connectivity index (χ1n) is 5.71. The number of benzene rings is 1. The van der Waals surface area contributed by atoms with Crippen molar-refractivity contribution in [3.63, 3.8) is 0 Å². The van der Waals surface area contributed by atoms with Crippen LogP contribution < -0.4 is 0 Å². The maximum Gasteiger partial charge on any atom is 0.270 e. The summed E-state index contributed by atoms with van der Waals surface area (Å²) < 4.78 is 2.17. The van der Waals surface area contributed by atoms with Gasteiger partial charge in [0.2, 0.25) is 0 Å². The van der Waals surface area contributed by atoms with E-state index in [4.69, 9.17) is 0 Å². The molecule has 0 aliphatic carbocycles. The lowest BCUT2D eigenvalue weighted by Gasteiger charge is -2.26. The minimum atomic E-state index is -0.359. The third kappa shape index (κ3) is 1.90. The van der Waals surface area contributed by atoms with Crippen LogP contribution in [0.15, 0.2) is 30.5 Å². The number of rotatable bonds is 3. The van der Waals surface area contributed by atoms with Gasteiger partial charge in [0.1, 0.15) is 0 Å². The highest BCUT2D eigenvalue weighted by Gasteiger charge is 2.19. The van der Waals surface area contributed by atoms with E-state index in [1.807, 2.05) is 18.3 Å². The van der Waals surface area contributed by atoms with Gasteiger partial charge < -0.3 is 4.57 Å². The second-order valence-electron chi connectivity index (χ2n) is 4.85. The fourth-order valence-corrected chi connectivity index (χ4v) is 1.94. The van der Waals surface area contributed by atoms with Gasteiger partial charge in [-0.05, 0) is 32.4 Å². The van der Waals surface area contributed by atoms with E-state index in [1.54, 1.807) is 12.1 Å². The Morgan fingerprint density at radius 3 is 2.65 bits per heavy atom. The lowest BCUT2D eigenvalue weighted by molar-refractivity contribution is -0.384. The number of nitro benzene ring substituents is 1. The molecule has 0 saturated heterocycles. The van der Waals surface area contributed by atoms with Crippen molar-refractivity contribution in [1.29, 1.82) is 0 Å². The van der Waals surface area contributed by atoms with Gasteiger partial charge in [-0.3, -0.25) is 10.1 Å². The van der Waals surface area contributed by atoms with Crippen LogP contribution in [0.5, 0.6) is 0 Å². The van der Waals surface area contributed by atoms with E-state index in [0.29, 0.717) is 0 Å². The Morgan fingerprint density at radius 2 is 2.06 bits per heavy atom. The van der Waals surface area contributed by atoms with E-state index < -0.39 is 0 Å². The van der Waals surface area contributed by atoms with E-state index in [1.165, 1.54) is 0 Å². The Morgan fingerprint density at radius 1 is 1.35 bits per heavy atom. The van der Waals surface area contributed by atoms with Crippen LogP contribution in [0.3, 0.4) is 0 Å².